The molecule has 0 spiro atoms. The fourth-order valence-electron chi connectivity index (χ4n) is 1.81. The Kier molecular flexibility index (Phi) is 5.69. The zero-order valence-electron chi connectivity index (χ0n) is 11.2. The van der Waals surface area contributed by atoms with E-state index in [2.05, 4.69) is 34.3 Å². The smallest absolute Gasteiger partial charge is 0.162 e. The molecule has 0 unspecified atom stereocenters. The monoisotopic (exact) mass is 313 g/mol. The number of benzene rings is 1. The molecule has 0 saturated heterocycles. The Bertz CT molecular complexity index is 432. The lowest BCUT2D eigenvalue weighted by atomic mass is 10.1. The molecular weight excluding hydrogens is 294 g/mol. The van der Waals surface area contributed by atoms with Gasteiger partial charge in [0, 0.05) is 23.1 Å². The first-order chi connectivity index (χ1) is 8.47. The van der Waals surface area contributed by atoms with Gasteiger partial charge in [0.05, 0.1) is 7.11 Å². The third-order valence-corrected chi connectivity index (χ3v) is 3.13. The van der Waals surface area contributed by atoms with Crippen LogP contribution >= 0.6 is 15.9 Å². The lowest BCUT2D eigenvalue weighted by molar-refractivity contribution is 0.295. The van der Waals surface area contributed by atoms with E-state index in [1.165, 1.54) is 0 Å². The van der Waals surface area contributed by atoms with Gasteiger partial charge in [0.25, 0.3) is 0 Å². The van der Waals surface area contributed by atoms with Crippen molar-refractivity contribution in [2.75, 3.05) is 20.2 Å². The molecule has 0 saturated carbocycles. The van der Waals surface area contributed by atoms with Crippen molar-refractivity contribution >= 4 is 15.9 Å². The Balaban J connectivity index is 2.95. The summed E-state index contributed by atoms with van der Waals surface area (Å²) in [5, 5.41) is 10.1. The SMILES string of the molecule is C=C(C)CN(CC)Cc1cc(Br)cc(OC)c1O. The van der Waals surface area contributed by atoms with Crippen molar-refractivity contribution in [3.63, 3.8) is 0 Å². The van der Waals surface area contributed by atoms with Crippen molar-refractivity contribution in [1.29, 1.82) is 0 Å². The maximum absolute atomic E-state index is 10.1. The van der Waals surface area contributed by atoms with Crippen molar-refractivity contribution in [3.8, 4) is 11.5 Å². The van der Waals surface area contributed by atoms with Crippen LogP contribution in [0.4, 0.5) is 0 Å². The third kappa shape index (κ3) is 4.03. The minimum absolute atomic E-state index is 0.209. The minimum Gasteiger partial charge on any atom is -0.504 e. The summed E-state index contributed by atoms with van der Waals surface area (Å²) in [6.45, 7) is 10.4. The van der Waals surface area contributed by atoms with Crippen molar-refractivity contribution in [2.24, 2.45) is 0 Å². The number of nitrogens with zero attached hydrogens (tertiary/aromatic N) is 1. The standard InChI is InChI=1S/C14H20BrNO2/c1-5-16(8-10(2)3)9-11-6-12(15)7-13(18-4)14(11)17/h6-7,17H,2,5,8-9H2,1,3-4H3. The first kappa shape index (κ1) is 15.1. The predicted molar refractivity (Wildman–Crippen MR) is 78.1 cm³/mol. The molecule has 100 valence electrons. The molecule has 0 aliphatic carbocycles. The molecule has 1 rings (SSSR count). The van der Waals surface area contributed by atoms with Gasteiger partial charge in [-0.25, -0.2) is 0 Å². The lowest BCUT2D eigenvalue weighted by Crippen LogP contribution is -2.24. The Hall–Kier alpha value is -1.00. The number of phenolic OH excluding ortho intramolecular Hbond substituents is 1. The molecule has 0 aliphatic heterocycles. The van der Waals surface area contributed by atoms with Crippen LogP contribution in [0.25, 0.3) is 0 Å². The van der Waals surface area contributed by atoms with E-state index in [4.69, 9.17) is 4.74 Å². The third-order valence-electron chi connectivity index (χ3n) is 2.67. The Morgan fingerprint density at radius 3 is 2.67 bits per heavy atom. The first-order valence-corrected chi connectivity index (χ1v) is 6.69. The molecule has 1 N–H and O–H groups in total. The van der Waals surface area contributed by atoms with E-state index in [1.807, 2.05) is 13.0 Å². The predicted octanol–water partition coefficient (Wildman–Crippen LogP) is 3.56. The van der Waals surface area contributed by atoms with Gasteiger partial charge < -0.3 is 9.84 Å². The fourth-order valence-corrected chi connectivity index (χ4v) is 2.29. The number of hydrogen-bond donors (Lipinski definition) is 1. The summed E-state index contributed by atoms with van der Waals surface area (Å²) in [6, 6.07) is 3.67. The molecule has 0 bridgehead atoms. The van der Waals surface area contributed by atoms with Gasteiger partial charge >= 0.3 is 0 Å². The molecule has 1 aromatic carbocycles. The molecule has 18 heavy (non-hydrogen) atoms. The normalized spacial score (nSPS) is 10.7. The molecule has 0 aliphatic rings. The zero-order valence-corrected chi connectivity index (χ0v) is 12.7. The molecule has 0 heterocycles. The van der Waals surface area contributed by atoms with Crippen LogP contribution in [0.2, 0.25) is 0 Å². The molecular formula is C14H20BrNO2. The van der Waals surface area contributed by atoms with Crippen LogP contribution in [-0.2, 0) is 6.54 Å². The second kappa shape index (κ2) is 6.81. The lowest BCUT2D eigenvalue weighted by Gasteiger charge is -2.21. The van der Waals surface area contributed by atoms with E-state index < -0.39 is 0 Å². The highest BCUT2D eigenvalue weighted by atomic mass is 79.9. The van der Waals surface area contributed by atoms with Crippen LogP contribution in [-0.4, -0.2) is 30.2 Å². The Labute approximate surface area is 117 Å². The highest BCUT2D eigenvalue weighted by Crippen LogP contribution is 2.34. The number of phenols is 1. The van der Waals surface area contributed by atoms with E-state index in [9.17, 15) is 5.11 Å². The second-order valence-electron chi connectivity index (χ2n) is 4.38. The number of methoxy groups -OCH3 is 1. The first-order valence-electron chi connectivity index (χ1n) is 5.90. The minimum atomic E-state index is 0.209. The summed E-state index contributed by atoms with van der Waals surface area (Å²) in [4.78, 5) is 2.21. The van der Waals surface area contributed by atoms with Crippen molar-refractivity contribution in [2.45, 2.75) is 20.4 Å². The highest BCUT2D eigenvalue weighted by molar-refractivity contribution is 9.10. The van der Waals surface area contributed by atoms with Crippen LogP contribution in [0.5, 0.6) is 11.5 Å². The molecule has 0 atom stereocenters. The number of rotatable bonds is 6. The second-order valence-corrected chi connectivity index (χ2v) is 5.29. The molecule has 0 amide bonds. The van der Waals surface area contributed by atoms with E-state index in [0.717, 1.165) is 28.7 Å². The van der Waals surface area contributed by atoms with E-state index in [0.29, 0.717) is 12.3 Å². The maximum atomic E-state index is 10.1. The molecule has 4 heteroatoms. The summed E-state index contributed by atoms with van der Waals surface area (Å²) >= 11 is 3.42. The molecule has 0 radical (unpaired) electrons. The summed E-state index contributed by atoms with van der Waals surface area (Å²) in [5.41, 5.74) is 1.96. The molecule has 0 fully saturated rings. The van der Waals surface area contributed by atoms with Gasteiger partial charge in [-0.2, -0.15) is 0 Å². The largest absolute Gasteiger partial charge is 0.504 e. The number of aromatic hydroxyl groups is 1. The number of hydrogen-bond acceptors (Lipinski definition) is 3. The van der Waals surface area contributed by atoms with E-state index in [-0.39, 0.29) is 5.75 Å². The summed E-state index contributed by atoms with van der Waals surface area (Å²) < 4.78 is 6.05. The van der Waals surface area contributed by atoms with E-state index in [1.54, 1.807) is 13.2 Å². The van der Waals surface area contributed by atoms with Gasteiger partial charge in [-0.1, -0.05) is 35.0 Å². The number of likely N-dealkylation sites (N-methyl/N-ethyl adjacent to an activating group) is 1. The van der Waals surface area contributed by atoms with Gasteiger partial charge in [-0.15, -0.1) is 0 Å². The molecule has 1 aromatic rings. The zero-order chi connectivity index (χ0) is 13.7. The van der Waals surface area contributed by atoms with Crippen LogP contribution < -0.4 is 4.74 Å². The van der Waals surface area contributed by atoms with Crippen molar-refractivity contribution < 1.29 is 9.84 Å². The van der Waals surface area contributed by atoms with Crippen LogP contribution in [0, 0.1) is 0 Å². The van der Waals surface area contributed by atoms with Crippen molar-refractivity contribution in [3.05, 3.63) is 34.3 Å². The van der Waals surface area contributed by atoms with Crippen molar-refractivity contribution in [1.82, 2.24) is 4.90 Å². The van der Waals surface area contributed by atoms with Gasteiger partial charge in [-0.3, -0.25) is 4.90 Å². The summed E-state index contributed by atoms with van der Waals surface area (Å²) in [7, 11) is 1.55. The highest BCUT2D eigenvalue weighted by Gasteiger charge is 2.12. The molecule has 3 nitrogen and oxygen atoms in total. The Morgan fingerprint density at radius 1 is 1.50 bits per heavy atom. The van der Waals surface area contributed by atoms with Crippen LogP contribution in [0.15, 0.2) is 28.8 Å². The average Bonchev–Trinajstić information content (AvgIpc) is 2.31. The van der Waals surface area contributed by atoms with E-state index >= 15 is 0 Å². The topological polar surface area (TPSA) is 32.7 Å². The fraction of sp³-hybridized carbons (Fsp3) is 0.429. The number of ether oxygens (including phenoxy) is 1. The van der Waals surface area contributed by atoms with Gasteiger partial charge in [0.15, 0.2) is 11.5 Å². The van der Waals surface area contributed by atoms with Gasteiger partial charge in [0.1, 0.15) is 0 Å². The van der Waals surface area contributed by atoms with Crippen LogP contribution in [0.3, 0.4) is 0 Å². The van der Waals surface area contributed by atoms with Gasteiger partial charge in [0.2, 0.25) is 0 Å². The average molecular weight is 314 g/mol. The summed E-state index contributed by atoms with van der Waals surface area (Å²) in [6.07, 6.45) is 0. The quantitative estimate of drug-likeness (QED) is 0.815. The summed E-state index contributed by atoms with van der Waals surface area (Å²) in [5.74, 6) is 0.701. The van der Waals surface area contributed by atoms with Gasteiger partial charge in [-0.05, 0) is 25.6 Å². The van der Waals surface area contributed by atoms with Crippen LogP contribution in [0.1, 0.15) is 19.4 Å². The maximum Gasteiger partial charge on any atom is 0.162 e. The Morgan fingerprint density at radius 2 is 2.17 bits per heavy atom. The molecule has 0 aromatic heterocycles. The number of halogens is 1.